The van der Waals surface area contributed by atoms with E-state index in [-0.39, 0.29) is 0 Å². The summed E-state index contributed by atoms with van der Waals surface area (Å²) in [6.07, 6.45) is 0. The lowest BCUT2D eigenvalue weighted by atomic mass is 10.0. The smallest absolute Gasteiger partial charge is 0.119 e. The highest BCUT2D eigenvalue weighted by Gasteiger charge is 2.16. The Morgan fingerprint density at radius 3 is 2.21 bits per heavy atom. The minimum absolute atomic E-state index is 0.304. The van der Waals surface area contributed by atoms with Gasteiger partial charge >= 0.3 is 0 Å². The van der Waals surface area contributed by atoms with Crippen LogP contribution >= 0.6 is 0 Å². The van der Waals surface area contributed by atoms with Crippen molar-refractivity contribution >= 4 is 0 Å². The summed E-state index contributed by atoms with van der Waals surface area (Å²) in [5, 5.41) is 3.62. The number of methoxy groups -OCH3 is 1. The molecule has 0 aliphatic heterocycles. The van der Waals surface area contributed by atoms with Crippen LogP contribution in [0.5, 0.6) is 5.75 Å². The van der Waals surface area contributed by atoms with Crippen molar-refractivity contribution in [1.82, 2.24) is 5.32 Å². The molecule has 0 aliphatic rings. The average molecular weight is 265 g/mol. The topological polar surface area (TPSA) is 30.5 Å². The van der Waals surface area contributed by atoms with Crippen LogP contribution in [0.1, 0.15) is 39.3 Å². The first-order valence-electron chi connectivity index (χ1n) is 7.06. The minimum atomic E-state index is 0.304. The van der Waals surface area contributed by atoms with E-state index in [0.717, 1.165) is 12.4 Å². The third-order valence-electron chi connectivity index (χ3n) is 3.31. The summed E-state index contributed by atoms with van der Waals surface area (Å²) in [4.78, 5) is 0. The van der Waals surface area contributed by atoms with Crippen LogP contribution in [0.4, 0.5) is 0 Å². The van der Waals surface area contributed by atoms with E-state index in [1.165, 1.54) is 5.56 Å². The largest absolute Gasteiger partial charge is 0.494 e. The lowest BCUT2D eigenvalue weighted by Crippen LogP contribution is -2.39. The lowest BCUT2D eigenvalue weighted by molar-refractivity contribution is 0.141. The zero-order valence-corrected chi connectivity index (χ0v) is 12.8. The molecule has 0 saturated heterocycles. The fourth-order valence-corrected chi connectivity index (χ4v) is 2.05. The average Bonchev–Trinajstić information content (AvgIpc) is 2.39. The molecule has 0 radical (unpaired) electrons. The lowest BCUT2D eigenvalue weighted by Gasteiger charge is -2.26. The molecule has 2 unspecified atom stereocenters. The van der Waals surface area contributed by atoms with Crippen LogP contribution in [-0.2, 0) is 4.74 Å². The van der Waals surface area contributed by atoms with Crippen molar-refractivity contribution in [1.29, 1.82) is 0 Å². The Hall–Kier alpha value is -1.06. The molecule has 1 rings (SSSR count). The molecule has 1 aromatic rings. The van der Waals surface area contributed by atoms with Gasteiger partial charge in [0.05, 0.1) is 13.2 Å². The van der Waals surface area contributed by atoms with Gasteiger partial charge < -0.3 is 14.8 Å². The van der Waals surface area contributed by atoms with Crippen LogP contribution in [0, 0.1) is 5.92 Å². The van der Waals surface area contributed by atoms with Gasteiger partial charge in [0.1, 0.15) is 5.75 Å². The monoisotopic (exact) mass is 265 g/mol. The number of ether oxygens (including phenoxy) is 2. The van der Waals surface area contributed by atoms with Crippen molar-refractivity contribution in [2.24, 2.45) is 5.92 Å². The first-order valence-corrected chi connectivity index (χ1v) is 7.06. The van der Waals surface area contributed by atoms with E-state index in [9.17, 15) is 0 Å². The Labute approximate surface area is 117 Å². The maximum Gasteiger partial charge on any atom is 0.119 e. The predicted molar refractivity (Wildman–Crippen MR) is 79.7 cm³/mol. The summed E-state index contributed by atoms with van der Waals surface area (Å²) in [7, 11) is 1.75. The molecule has 1 N–H and O–H groups in total. The van der Waals surface area contributed by atoms with Crippen LogP contribution < -0.4 is 10.1 Å². The molecular weight excluding hydrogens is 238 g/mol. The molecule has 0 bridgehead atoms. The summed E-state index contributed by atoms with van der Waals surface area (Å²) in [5.41, 5.74) is 1.27. The Morgan fingerprint density at radius 1 is 1.11 bits per heavy atom. The number of hydrogen-bond donors (Lipinski definition) is 1. The minimum Gasteiger partial charge on any atom is -0.494 e. The fraction of sp³-hybridized carbons (Fsp3) is 0.625. The maximum atomic E-state index is 5.46. The van der Waals surface area contributed by atoms with Gasteiger partial charge in [0.25, 0.3) is 0 Å². The zero-order chi connectivity index (χ0) is 14.3. The summed E-state index contributed by atoms with van der Waals surface area (Å²) >= 11 is 0. The fourth-order valence-electron chi connectivity index (χ4n) is 2.05. The molecule has 0 aromatic heterocycles. The number of benzene rings is 1. The van der Waals surface area contributed by atoms with Gasteiger partial charge in [-0.15, -0.1) is 0 Å². The van der Waals surface area contributed by atoms with Crippen LogP contribution in [0.25, 0.3) is 0 Å². The second-order valence-corrected chi connectivity index (χ2v) is 5.20. The molecule has 0 heterocycles. The first kappa shape index (κ1) is 16.0. The summed E-state index contributed by atoms with van der Waals surface area (Å²) in [6.45, 7) is 10.0. The normalized spacial score (nSPS) is 14.4. The van der Waals surface area contributed by atoms with Crippen molar-refractivity contribution in [3.8, 4) is 5.75 Å². The van der Waals surface area contributed by atoms with E-state index >= 15 is 0 Å². The Kier molecular flexibility index (Phi) is 6.89. The maximum absolute atomic E-state index is 5.46. The van der Waals surface area contributed by atoms with Gasteiger partial charge in [0, 0.05) is 19.2 Å². The van der Waals surface area contributed by atoms with Crippen molar-refractivity contribution in [3.63, 3.8) is 0 Å². The second kappa shape index (κ2) is 8.18. The van der Waals surface area contributed by atoms with E-state index in [2.05, 4.69) is 38.2 Å². The van der Waals surface area contributed by atoms with Gasteiger partial charge in [-0.2, -0.15) is 0 Å². The molecule has 108 valence electrons. The van der Waals surface area contributed by atoms with Crippen molar-refractivity contribution in [2.45, 2.75) is 39.8 Å². The molecule has 0 aliphatic carbocycles. The number of rotatable bonds is 8. The highest BCUT2D eigenvalue weighted by atomic mass is 16.5. The van der Waals surface area contributed by atoms with Crippen LogP contribution in [-0.4, -0.2) is 26.4 Å². The standard InChI is InChI=1S/C16H27NO2/c1-6-19-15-9-7-14(8-10-15)13(4)17-16(11-18-5)12(2)3/h7-10,12-13,16-17H,6,11H2,1-5H3. The Bertz CT molecular complexity index is 348. The van der Waals surface area contributed by atoms with Crippen molar-refractivity contribution in [3.05, 3.63) is 29.8 Å². The van der Waals surface area contributed by atoms with Crippen LogP contribution in [0.15, 0.2) is 24.3 Å². The molecule has 3 heteroatoms. The van der Waals surface area contributed by atoms with Crippen LogP contribution in [0.3, 0.4) is 0 Å². The Balaban J connectivity index is 2.63. The summed E-state index contributed by atoms with van der Waals surface area (Å²) < 4.78 is 10.7. The predicted octanol–water partition coefficient (Wildman–Crippen LogP) is 3.41. The first-order chi connectivity index (χ1) is 9.08. The van der Waals surface area contributed by atoms with Gasteiger partial charge in [-0.3, -0.25) is 0 Å². The highest BCUT2D eigenvalue weighted by molar-refractivity contribution is 5.29. The van der Waals surface area contributed by atoms with Gasteiger partial charge in [0.15, 0.2) is 0 Å². The molecule has 0 amide bonds. The summed E-state index contributed by atoms with van der Waals surface area (Å²) in [6, 6.07) is 8.96. The molecule has 3 nitrogen and oxygen atoms in total. The van der Waals surface area contributed by atoms with Gasteiger partial charge in [0.2, 0.25) is 0 Å². The number of hydrogen-bond acceptors (Lipinski definition) is 3. The van der Waals surface area contributed by atoms with E-state index in [4.69, 9.17) is 9.47 Å². The van der Waals surface area contributed by atoms with Crippen molar-refractivity contribution < 1.29 is 9.47 Å². The molecule has 19 heavy (non-hydrogen) atoms. The van der Waals surface area contributed by atoms with E-state index in [0.29, 0.717) is 24.6 Å². The van der Waals surface area contributed by atoms with E-state index < -0.39 is 0 Å². The van der Waals surface area contributed by atoms with E-state index in [1.807, 2.05) is 19.1 Å². The third kappa shape index (κ3) is 5.21. The molecule has 1 aromatic carbocycles. The SMILES string of the molecule is CCOc1ccc(C(C)NC(COC)C(C)C)cc1. The van der Waals surface area contributed by atoms with Crippen LogP contribution in [0.2, 0.25) is 0 Å². The second-order valence-electron chi connectivity index (χ2n) is 5.20. The van der Waals surface area contributed by atoms with E-state index in [1.54, 1.807) is 7.11 Å². The van der Waals surface area contributed by atoms with Gasteiger partial charge in [-0.05, 0) is 37.5 Å². The van der Waals surface area contributed by atoms with Gasteiger partial charge in [-0.25, -0.2) is 0 Å². The summed E-state index contributed by atoms with van der Waals surface area (Å²) in [5.74, 6) is 1.47. The molecule has 0 fully saturated rings. The quantitative estimate of drug-likeness (QED) is 0.781. The highest BCUT2D eigenvalue weighted by Crippen LogP contribution is 2.19. The van der Waals surface area contributed by atoms with Crippen molar-refractivity contribution in [2.75, 3.05) is 20.3 Å². The molecule has 0 saturated carbocycles. The zero-order valence-electron chi connectivity index (χ0n) is 12.8. The van der Waals surface area contributed by atoms with Gasteiger partial charge in [-0.1, -0.05) is 26.0 Å². The Morgan fingerprint density at radius 2 is 1.74 bits per heavy atom. The molecule has 2 atom stereocenters. The third-order valence-corrected chi connectivity index (χ3v) is 3.31. The molecule has 0 spiro atoms. The number of nitrogens with one attached hydrogen (secondary N) is 1. The molecular formula is C16H27NO2.